The van der Waals surface area contributed by atoms with E-state index in [9.17, 15) is 9.59 Å². The Kier molecular flexibility index (Phi) is 3.96. The molecule has 0 heterocycles. The third kappa shape index (κ3) is 3.00. The van der Waals surface area contributed by atoms with Gasteiger partial charge < -0.3 is 4.74 Å². The normalized spacial score (nSPS) is 21.7. The molecule has 0 amide bonds. The molecule has 0 aliphatic heterocycles. The molecule has 0 aromatic heterocycles. The van der Waals surface area contributed by atoms with Crippen molar-refractivity contribution in [2.75, 3.05) is 0 Å². The maximum atomic E-state index is 11.9. The SMILES string of the molecule is CC(=O)c1ccc(C(=O)O[C@H]2CCC[C@@H]2C#N)cc1. The van der Waals surface area contributed by atoms with Crippen LogP contribution < -0.4 is 0 Å². The zero-order valence-electron chi connectivity index (χ0n) is 10.8. The van der Waals surface area contributed by atoms with Crippen molar-refractivity contribution >= 4 is 11.8 Å². The van der Waals surface area contributed by atoms with Gasteiger partial charge in [-0.25, -0.2) is 4.79 Å². The molecule has 2 atom stereocenters. The van der Waals surface area contributed by atoms with Gasteiger partial charge in [-0.15, -0.1) is 0 Å². The molecule has 0 unspecified atom stereocenters. The van der Waals surface area contributed by atoms with E-state index in [1.807, 2.05) is 0 Å². The summed E-state index contributed by atoms with van der Waals surface area (Å²) in [5, 5.41) is 8.94. The lowest BCUT2D eigenvalue weighted by atomic mass is 10.1. The van der Waals surface area contributed by atoms with E-state index in [0.29, 0.717) is 11.1 Å². The Balaban J connectivity index is 2.04. The average Bonchev–Trinajstić information content (AvgIpc) is 2.86. The van der Waals surface area contributed by atoms with E-state index in [0.717, 1.165) is 19.3 Å². The number of hydrogen-bond acceptors (Lipinski definition) is 4. The average molecular weight is 257 g/mol. The minimum Gasteiger partial charge on any atom is -0.457 e. The molecule has 19 heavy (non-hydrogen) atoms. The van der Waals surface area contributed by atoms with E-state index in [4.69, 9.17) is 10.00 Å². The number of Topliss-reactive ketones (excluding diaryl/α,β-unsaturated/α-hetero) is 1. The minimum absolute atomic E-state index is 0.0414. The molecule has 0 saturated heterocycles. The number of carbonyl (C=O) groups excluding carboxylic acids is 2. The molecule has 1 saturated carbocycles. The molecular weight excluding hydrogens is 242 g/mol. The second kappa shape index (κ2) is 5.66. The van der Waals surface area contributed by atoms with Crippen molar-refractivity contribution in [3.05, 3.63) is 35.4 Å². The van der Waals surface area contributed by atoms with Crippen LogP contribution in [0.2, 0.25) is 0 Å². The predicted octanol–water partition coefficient (Wildman–Crippen LogP) is 2.74. The van der Waals surface area contributed by atoms with E-state index in [2.05, 4.69) is 6.07 Å². The predicted molar refractivity (Wildman–Crippen MR) is 68.6 cm³/mol. The van der Waals surface area contributed by atoms with E-state index < -0.39 is 5.97 Å². The van der Waals surface area contributed by atoms with Crippen LogP contribution in [0, 0.1) is 17.2 Å². The number of esters is 1. The van der Waals surface area contributed by atoms with Crippen molar-refractivity contribution in [1.82, 2.24) is 0 Å². The molecule has 1 fully saturated rings. The molecule has 2 rings (SSSR count). The zero-order valence-corrected chi connectivity index (χ0v) is 10.8. The summed E-state index contributed by atoms with van der Waals surface area (Å²) in [6.45, 7) is 1.48. The van der Waals surface area contributed by atoms with Crippen molar-refractivity contribution < 1.29 is 14.3 Å². The maximum absolute atomic E-state index is 11.9. The van der Waals surface area contributed by atoms with Crippen LogP contribution in [0.1, 0.15) is 46.9 Å². The van der Waals surface area contributed by atoms with E-state index in [1.165, 1.54) is 6.92 Å². The topological polar surface area (TPSA) is 67.2 Å². The first-order valence-electron chi connectivity index (χ1n) is 6.33. The van der Waals surface area contributed by atoms with Crippen LogP contribution in [0.15, 0.2) is 24.3 Å². The number of nitrogens with zero attached hydrogens (tertiary/aromatic N) is 1. The summed E-state index contributed by atoms with van der Waals surface area (Å²) in [6, 6.07) is 8.54. The Bertz CT molecular complexity index is 527. The number of hydrogen-bond donors (Lipinski definition) is 0. The van der Waals surface area contributed by atoms with Gasteiger partial charge in [0, 0.05) is 5.56 Å². The highest BCUT2D eigenvalue weighted by molar-refractivity contribution is 5.96. The molecule has 0 radical (unpaired) electrons. The lowest BCUT2D eigenvalue weighted by molar-refractivity contribution is 0.0259. The van der Waals surface area contributed by atoms with Crippen LogP contribution >= 0.6 is 0 Å². The number of benzene rings is 1. The van der Waals surface area contributed by atoms with Crippen LogP contribution in [0.5, 0.6) is 0 Å². The van der Waals surface area contributed by atoms with Gasteiger partial charge in [-0.05, 0) is 38.3 Å². The largest absolute Gasteiger partial charge is 0.457 e. The third-order valence-corrected chi connectivity index (χ3v) is 3.40. The highest BCUT2D eigenvalue weighted by Gasteiger charge is 2.30. The van der Waals surface area contributed by atoms with E-state index in [1.54, 1.807) is 24.3 Å². The second-order valence-corrected chi connectivity index (χ2v) is 4.74. The lowest BCUT2D eigenvalue weighted by Crippen LogP contribution is -2.21. The molecule has 1 aromatic rings. The number of rotatable bonds is 3. The number of nitriles is 1. The Hall–Kier alpha value is -2.15. The van der Waals surface area contributed by atoms with Gasteiger partial charge in [0.15, 0.2) is 5.78 Å². The fourth-order valence-corrected chi connectivity index (χ4v) is 2.26. The first-order valence-corrected chi connectivity index (χ1v) is 6.33. The van der Waals surface area contributed by atoms with Crippen LogP contribution in [0.4, 0.5) is 0 Å². The quantitative estimate of drug-likeness (QED) is 0.616. The van der Waals surface area contributed by atoms with Gasteiger partial charge in [-0.3, -0.25) is 4.79 Å². The highest BCUT2D eigenvalue weighted by atomic mass is 16.5. The first-order chi connectivity index (χ1) is 9.11. The Labute approximate surface area is 112 Å². The van der Waals surface area contributed by atoms with Gasteiger partial charge in [-0.1, -0.05) is 12.1 Å². The van der Waals surface area contributed by atoms with Gasteiger partial charge in [0.25, 0.3) is 0 Å². The zero-order chi connectivity index (χ0) is 13.8. The summed E-state index contributed by atoms with van der Waals surface area (Å²) >= 11 is 0. The number of carbonyl (C=O) groups is 2. The minimum atomic E-state index is -0.428. The molecule has 0 N–H and O–H groups in total. The molecule has 98 valence electrons. The Morgan fingerprint density at radius 1 is 1.21 bits per heavy atom. The standard InChI is InChI=1S/C15H15NO3/c1-10(17)11-5-7-12(8-6-11)15(18)19-14-4-2-3-13(14)9-16/h5-8,13-14H,2-4H2,1H3/t13-,14+/m1/s1. The molecule has 1 aliphatic carbocycles. The summed E-state index contributed by atoms with van der Waals surface area (Å²) < 4.78 is 5.35. The van der Waals surface area contributed by atoms with Gasteiger partial charge in [-0.2, -0.15) is 5.26 Å². The fourth-order valence-electron chi connectivity index (χ4n) is 2.26. The monoisotopic (exact) mass is 257 g/mol. The van der Waals surface area contributed by atoms with Crippen molar-refractivity contribution in [2.24, 2.45) is 5.92 Å². The van der Waals surface area contributed by atoms with Gasteiger partial charge in [0.1, 0.15) is 6.10 Å². The Morgan fingerprint density at radius 3 is 2.42 bits per heavy atom. The summed E-state index contributed by atoms with van der Waals surface area (Å²) in [5.74, 6) is -0.664. The van der Waals surface area contributed by atoms with E-state index >= 15 is 0 Å². The van der Waals surface area contributed by atoms with Crippen molar-refractivity contribution in [3.8, 4) is 6.07 Å². The molecular formula is C15H15NO3. The lowest BCUT2D eigenvalue weighted by Gasteiger charge is -2.14. The van der Waals surface area contributed by atoms with Crippen molar-refractivity contribution in [3.63, 3.8) is 0 Å². The molecule has 0 bridgehead atoms. The van der Waals surface area contributed by atoms with Gasteiger partial charge in [0.05, 0.1) is 17.6 Å². The van der Waals surface area contributed by atoms with Crippen LogP contribution in [-0.2, 0) is 4.74 Å². The molecule has 1 aliphatic rings. The first kappa shape index (κ1) is 13.3. The van der Waals surface area contributed by atoms with Gasteiger partial charge >= 0.3 is 5.97 Å². The van der Waals surface area contributed by atoms with Crippen LogP contribution in [0.25, 0.3) is 0 Å². The third-order valence-electron chi connectivity index (χ3n) is 3.40. The van der Waals surface area contributed by atoms with Crippen LogP contribution in [0.3, 0.4) is 0 Å². The summed E-state index contributed by atoms with van der Waals surface area (Å²) in [6.07, 6.45) is 2.15. The number of ether oxygens (including phenoxy) is 1. The maximum Gasteiger partial charge on any atom is 0.338 e. The van der Waals surface area contributed by atoms with Crippen molar-refractivity contribution in [2.45, 2.75) is 32.3 Å². The molecule has 4 nitrogen and oxygen atoms in total. The smallest absolute Gasteiger partial charge is 0.338 e. The van der Waals surface area contributed by atoms with E-state index in [-0.39, 0.29) is 17.8 Å². The van der Waals surface area contributed by atoms with Gasteiger partial charge in [0.2, 0.25) is 0 Å². The summed E-state index contributed by atoms with van der Waals surface area (Å²) in [7, 11) is 0. The Morgan fingerprint density at radius 2 is 1.84 bits per heavy atom. The molecule has 0 spiro atoms. The second-order valence-electron chi connectivity index (χ2n) is 4.74. The summed E-state index contributed by atoms with van der Waals surface area (Å²) in [5.41, 5.74) is 0.973. The van der Waals surface area contributed by atoms with Crippen LogP contribution in [-0.4, -0.2) is 17.9 Å². The fraction of sp³-hybridized carbons (Fsp3) is 0.400. The summed E-state index contributed by atoms with van der Waals surface area (Å²) in [4.78, 5) is 23.1. The number of ketones is 1. The molecule has 1 aromatic carbocycles. The van der Waals surface area contributed by atoms with Crippen molar-refractivity contribution in [1.29, 1.82) is 5.26 Å². The molecule has 4 heteroatoms. The highest BCUT2D eigenvalue weighted by Crippen LogP contribution is 2.28.